The van der Waals surface area contributed by atoms with Gasteiger partial charge in [0.05, 0.1) is 11.1 Å². The number of hydrogen-bond donors (Lipinski definition) is 2. The van der Waals surface area contributed by atoms with E-state index in [9.17, 15) is 24.0 Å². The summed E-state index contributed by atoms with van der Waals surface area (Å²) in [6.07, 6.45) is 6.34. The fourth-order valence-electron chi connectivity index (χ4n) is 5.13. The molecule has 2 aliphatic heterocycles. The zero-order valence-electron chi connectivity index (χ0n) is 16.2. The largest absolute Gasteiger partial charge is 0.352 e. The number of carbonyl (C=O) groups excluding carboxylic acids is 5. The molecule has 154 valence electrons. The van der Waals surface area contributed by atoms with Crippen LogP contribution in [0, 0.1) is 17.8 Å². The molecule has 0 unspecified atom stereocenters. The fourth-order valence-corrected chi connectivity index (χ4v) is 5.13. The molecule has 5 amide bonds. The van der Waals surface area contributed by atoms with Gasteiger partial charge in [0, 0.05) is 18.9 Å². The number of fused-ring (bicyclic) bond motifs is 3. The molecule has 1 saturated carbocycles. The molecule has 4 aliphatic rings. The Hall–Kier alpha value is -3.29. The van der Waals surface area contributed by atoms with Gasteiger partial charge in [-0.05, 0) is 42.7 Å². The van der Waals surface area contributed by atoms with Gasteiger partial charge in [-0.2, -0.15) is 0 Å². The molecule has 0 radical (unpaired) electrons. The molecule has 30 heavy (non-hydrogen) atoms. The maximum Gasteiger partial charge on any atom is 0.262 e. The highest BCUT2D eigenvalue weighted by atomic mass is 16.2. The number of hydrogen-bond acceptors (Lipinski definition) is 5. The van der Waals surface area contributed by atoms with Gasteiger partial charge < -0.3 is 5.32 Å². The lowest BCUT2D eigenvalue weighted by atomic mass is 9.92. The van der Waals surface area contributed by atoms with Gasteiger partial charge in [0.15, 0.2) is 0 Å². The van der Waals surface area contributed by atoms with Crippen LogP contribution in [0.1, 0.15) is 52.0 Å². The molecular formula is C22H21N3O5. The first kappa shape index (κ1) is 18.7. The first-order chi connectivity index (χ1) is 14.4. The van der Waals surface area contributed by atoms with Gasteiger partial charge >= 0.3 is 0 Å². The van der Waals surface area contributed by atoms with E-state index in [-0.39, 0.29) is 48.3 Å². The summed E-state index contributed by atoms with van der Waals surface area (Å²) in [5, 5.41) is 5.11. The predicted molar refractivity (Wildman–Crippen MR) is 104 cm³/mol. The lowest BCUT2D eigenvalue weighted by Crippen LogP contribution is -2.54. The fraction of sp³-hybridized carbons (Fsp3) is 0.409. The summed E-state index contributed by atoms with van der Waals surface area (Å²) in [5.41, 5.74) is 0.993. The molecule has 1 aromatic carbocycles. The van der Waals surface area contributed by atoms with Crippen LogP contribution in [0.3, 0.4) is 0 Å². The highest BCUT2D eigenvalue weighted by Crippen LogP contribution is 2.43. The van der Waals surface area contributed by atoms with Crippen molar-refractivity contribution in [3.8, 4) is 0 Å². The monoisotopic (exact) mass is 407 g/mol. The Kier molecular flexibility index (Phi) is 4.30. The predicted octanol–water partition coefficient (Wildman–Crippen LogP) is 0.916. The van der Waals surface area contributed by atoms with Crippen LogP contribution >= 0.6 is 0 Å². The minimum Gasteiger partial charge on any atom is -0.352 e. The molecule has 4 atom stereocenters. The molecule has 2 heterocycles. The molecule has 2 N–H and O–H groups in total. The van der Waals surface area contributed by atoms with E-state index in [0.717, 1.165) is 17.7 Å². The quantitative estimate of drug-likeness (QED) is 0.569. The van der Waals surface area contributed by atoms with Crippen molar-refractivity contribution in [3.63, 3.8) is 0 Å². The minimum atomic E-state index is -1.00. The highest BCUT2D eigenvalue weighted by molar-refractivity contribution is 6.24. The van der Waals surface area contributed by atoms with E-state index >= 15 is 0 Å². The highest BCUT2D eigenvalue weighted by Gasteiger charge is 2.45. The van der Waals surface area contributed by atoms with E-state index in [2.05, 4.69) is 22.8 Å². The van der Waals surface area contributed by atoms with Crippen molar-refractivity contribution in [1.82, 2.24) is 15.5 Å². The number of rotatable bonds is 4. The van der Waals surface area contributed by atoms with E-state index < -0.39 is 29.7 Å². The molecule has 1 aromatic rings. The molecule has 8 heteroatoms. The molecule has 0 aromatic heterocycles. The van der Waals surface area contributed by atoms with Gasteiger partial charge in [0.2, 0.25) is 17.7 Å². The summed E-state index contributed by atoms with van der Waals surface area (Å²) in [7, 11) is 0. The Bertz CT molecular complexity index is 1030. The van der Waals surface area contributed by atoms with E-state index in [0.29, 0.717) is 11.5 Å². The summed E-state index contributed by atoms with van der Waals surface area (Å²) in [6.45, 7) is 0.141. The molecule has 0 spiro atoms. The Labute approximate surface area is 172 Å². The van der Waals surface area contributed by atoms with Crippen molar-refractivity contribution in [2.45, 2.75) is 38.3 Å². The minimum absolute atomic E-state index is 0.0387. The molecule has 5 rings (SSSR count). The summed E-state index contributed by atoms with van der Waals surface area (Å²) >= 11 is 0. The second kappa shape index (κ2) is 6.90. The summed E-state index contributed by atoms with van der Waals surface area (Å²) in [6, 6.07) is 3.92. The molecular weight excluding hydrogens is 386 g/mol. The van der Waals surface area contributed by atoms with E-state index in [1.54, 1.807) is 18.2 Å². The molecule has 1 saturated heterocycles. The van der Waals surface area contributed by atoms with E-state index in [4.69, 9.17) is 0 Å². The molecule has 2 bridgehead atoms. The van der Waals surface area contributed by atoms with Crippen molar-refractivity contribution in [1.29, 1.82) is 0 Å². The number of imide groups is 2. The summed E-state index contributed by atoms with van der Waals surface area (Å²) in [4.78, 5) is 63.1. The third-order valence-electron chi connectivity index (χ3n) is 6.62. The van der Waals surface area contributed by atoms with Gasteiger partial charge in [0.1, 0.15) is 6.04 Å². The standard InChI is InChI=1S/C22H21N3O5/c26-17-7-6-16(20(28)24-17)25-21(29)14-3-1-2-13(18(14)22(25)30)10-23-19(27)15-9-11-4-5-12(15)8-11/h1-5,11-12,15-16H,6-10H2,(H,23,27)(H,24,26,28)/t11-,12+,15-,16-/m1/s1. The zero-order chi connectivity index (χ0) is 21.0. The van der Waals surface area contributed by atoms with Crippen LogP contribution in [0.4, 0.5) is 0 Å². The van der Waals surface area contributed by atoms with E-state index in [1.165, 1.54) is 0 Å². The number of benzene rings is 1. The van der Waals surface area contributed by atoms with Crippen molar-refractivity contribution in [2.75, 3.05) is 0 Å². The van der Waals surface area contributed by atoms with Crippen molar-refractivity contribution in [3.05, 3.63) is 47.0 Å². The number of carbonyl (C=O) groups is 5. The Morgan fingerprint density at radius 1 is 1.10 bits per heavy atom. The Morgan fingerprint density at radius 3 is 2.63 bits per heavy atom. The average Bonchev–Trinajstić information content (AvgIpc) is 3.42. The second-order valence-electron chi connectivity index (χ2n) is 8.39. The summed E-state index contributed by atoms with van der Waals surface area (Å²) in [5.74, 6) is -1.48. The molecule has 8 nitrogen and oxygen atoms in total. The summed E-state index contributed by atoms with van der Waals surface area (Å²) < 4.78 is 0. The Balaban J connectivity index is 1.34. The van der Waals surface area contributed by atoms with Gasteiger partial charge in [-0.3, -0.25) is 34.2 Å². The van der Waals surface area contributed by atoms with Gasteiger partial charge in [-0.25, -0.2) is 0 Å². The normalized spacial score (nSPS) is 29.4. The van der Waals surface area contributed by atoms with Gasteiger partial charge in [-0.1, -0.05) is 24.3 Å². The van der Waals surface area contributed by atoms with E-state index in [1.807, 2.05) is 0 Å². The Morgan fingerprint density at radius 2 is 1.93 bits per heavy atom. The number of allylic oxidation sites excluding steroid dienone is 2. The van der Waals surface area contributed by atoms with Crippen molar-refractivity contribution < 1.29 is 24.0 Å². The topological polar surface area (TPSA) is 113 Å². The van der Waals surface area contributed by atoms with Crippen LogP contribution < -0.4 is 10.6 Å². The van der Waals surface area contributed by atoms with Crippen LogP contribution in [0.2, 0.25) is 0 Å². The van der Waals surface area contributed by atoms with Gasteiger partial charge in [0.25, 0.3) is 11.8 Å². The van der Waals surface area contributed by atoms with Gasteiger partial charge in [-0.15, -0.1) is 0 Å². The SMILES string of the molecule is O=C1CC[C@@H](N2C(=O)c3cccc(CNC(=O)[C@@H]4C[C@@H]5C=C[C@H]4C5)c3C2=O)C(=O)N1. The number of nitrogens with zero attached hydrogens (tertiary/aromatic N) is 1. The van der Waals surface area contributed by atoms with Crippen LogP contribution in [-0.4, -0.2) is 40.5 Å². The van der Waals surface area contributed by atoms with Crippen molar-refractivity contribution >= 4 is 29.5 Å². The van der Waals surface area contributed by atoms with Crippen LogP contribution in [0.25, 0.3) is 0 Å². The first-order valence-corrected chi connectivity index (χ1v) is 10.2. The number of amides is 5. The lowest BCUT2D eigenvalue weighted by molar-refractivity contribution is -0.136. The third kappa shape index (κ3) is 2.86. The van der Waals surface area contributed by atoms with Crippen LogP contribution in [0.5, 0.6) is 0 Å². The maximum absolute atomic E-state index is 13.1. The second-order valence-corrected chi connectivity index (χ2v) is 8.39. The van der Waals surface area contributed by atoms with Crippen molar-refractivity contribution in [2.24, 2.45) is 17.8 Å². The molecule has 2 fully saturated rings. The maximum atomic E-state index is 13.1. The first-order valence-electron chi connectivity index (χ1n) is 10.2. The third-order valence-corrected chi connectivity index (χ3v) is 6.62. The number of nitrogens with one attached hydrogen (secondary N) is 2. The number of piperidine rings is 1. The average molecular weight is 407 g/mol. The smallest absolute Gasteiger partial charge is 0.262 e. The lowest BCUT2D eigenvalue weighted by Gasteiger charge is -2.27. The van der Waals surface area contributed by atoms with Crippen LogP contribution in [-0.2, 0) is 20.9 Å². The zero-order valence-corrected chi connectivity index (χ0v) is 16.2. The molecule has 2 aliphatic carbocycles. The van der Waals surface area contributed by atoms with Crippen LogP contribution in [0.15, 0.2) is 30.4 Å².